The summed E-state index contributed by atoms with van der Waals surface area (Å²) >= 11 is 0. The third kappa shape index (κ3) is 3.42. The van der Waals surface area contributed by atoms with Crippen LogP contribution in [-0.2, 0) is 9.47 Å². The number of allylic oxidation sites excluding steroid dienone is 1. The van der Waals surface area contributed by atoms with Crippen LogP contribution in [0, 0.1) is 0 Å². The Balaban J connectivity index is 2.32. The van der Waals surface area contributed by atoms with Crippen LogP contribution in [0.2, 0.25) is 0 Å². The third-order valence-electron chi connectivity index (χ3n) is 1.38. The minimum absolute atomic E-state index is 0.0417. The SMILES string of the molecule is CC(C)(C)OC1CCC=CO1. The number of hydrogen-bond acceptors (Lipinski definition) is 2. The average molecular weight is 156 g/mol. The molecule has 0 amide bonds. The number of rotatable bonds is 1. The van der Waals surface area contributed by atoms with Crippen molar-refractivity contribution < 1.29 is 9.47 Å². The lowest BCUT2D eigenvalue weighted by atomic mass is 10.2. The summed E-state index contributed by atoms with van der Waals surface area (Å²) in [5.74, 6) is 0. The van der Waals surface area contributed by atoms with E-state index in [0.717, 1.165) is 12.8 Å². The summed E-state index contributed by atoms with van der Waals surface area (Å²) in [5.41, 5.74) is -0.101. The largest absolute Gasteiger partial charge is 0.473 e. The quantitative estimate of drug-likeness (QED) is 0.580. The summed E-state index contributed by atoms with van der Waals surface area (Å²) in [5, 5.41) is 0. The predicted octanol–water partition coefficient (Wildman–Crippen LogP) is 2.45. The minimum atomic E-state index is -0.101. The fourth-order valence-corrected chi connectivity index (χ4v) is 0.993. The van der Waals surface area contributed by atoms with Gasteiger partial charge in [0.15, 0.2) is 6.29 Å². The molecule has 2 heteroatoms. The van der Waals surface area contributed by atoms with Crippen LogP contribution < -0.4 is 0 Å². The van der Waals surface area contributed by atoms with Gasteiger partial charge in [0.1, 0.15) is 0 Å². The first-order valence-electron chi connectivity index (χ1n) is 4.06. The van der Waals surface area contributed by atoms with Gasteiger partial charge in [0.2, 0.25) is 0 Å². The Morgan fingerprint density at radius 2 is 2.18 bits per heavy atom. The zero-order valence-corrected chi connectivity index (χ0v) is 7.46. The summed E-state index contributed by atoms with van der Waals surface area (Å²) in [6.45, 7) is 6.11. The van der Waals surface area contributed by atoms with Crippen LogP contribution >= 0.6 is 0 Å². The zero-order valence-electron chi connectivity index (χ0n) is 7.46. The molecule has 0 aromatic carbocycles. The molecule has 0 aromatic heterocycles. The van der Waals surface area contributed by atoms with Gasteiger partial charge >= 0.3 is 0 Å². The van der Waals surface area contributed by atoms with E-state index < -0.39 is 0 Å². The van der Waals surface area contributed by atoms with Gasteiger partial charge in [0.05, 0.1) is 11.9 Å². The first-order chi connectivity index (χ1) is 5.08. The Morgan fingerprint density at radius 3 is 2.64 bits per heavy atom. The van der Waals surface area contributed by atoms with Crippen molar-refractivity contribution in [3.8, 4) is 0 Å². The Morgan fingerprint density at radius 1 is 1.45 bits per heavy atom. The topological polar surface area (TPSA) is 18.5 Å². The van der Waals surface area contributed by atoms with Crippen molar-refractivity contribution in [1.82, 2.24) is 0 Å². The fourth-order valence-electron chi connectivity index (χ4n) is 0.993. The summed E-state index contributed by atoms with van der Waals surface area (Å²) in [4.78, 5) is 0. The molecule has 1 atom stereocenters. The van der Waals surface area contributed by atoms with Gasteiger partial charge in [-0.25, -0.2) is 0 Å². The maximum atomic E-state index is 5.61. The highest BCUT2D eigenvalue weighted by Gasteiger charge is 2.19. The first kappa shape index (κ1) is 8.60. The number of ether oxygens (including phenoxy) is 2. The molecule has 1 rings (SSSR count). The molecule has 11 heavy (non-hydrogen) atoms. The summed E-state index contributed by atoms with van der Waals surface area (Å²) in [7, 11) is 0. The molecule has 1 heterocycles. The van der Waals surface area contributed by atoms with E-state index in [9.17, 15) is 0 Å². The van der Waals surface area contributed by atoms with E-state index >= 15 is 0 Å². The smallest absolute Gasteiger partial charge is 0.199 e. The van der Waals surface area contributed by atoms with Gasteiger partial charge in [-0.3, -0.25) is 0 Å². The van der Waals surface area contributed by atoms with E-state index in [4.69, 9.17) is 9.47 Å². The average Bonchev–Trinajstić information content (AvgIpc) is 1.85. The van der Waals surface area contributed by atoms with Crippen molar-refractivity contribution in [2.45, 2.75) is 45.5 Å². The lowest BCUT2D eigenvalue weighted by molar-refractivity contribution is -0.175. The van der Waals surface area contributed by atoms with Crippen molar-refractivity contribution in [3.05, 3.63) is 12.3 Å². The maximum absolute atomic E-state index is 5.61. The second kappa shape index (κ2) is 3.26. The lowest BCUT2D eigenvalue weighted by Crippen LogP contribution is -2.29. The first-order valence-corrected chi connectivity index (χ1v) is 4.06. The maximum Gasteiger partial charge on any atom is 0.199 e. The Bertz CT molecular complexity index is 144. The molecule has 1 unspecified atom stereocenters. The van der Waals surface area contributed by atoms with E-state index in [-0.39, 0.29) is 11.9 Å². The van der Waals surface area contributed by atoms with Crippen LogP contribution in [0.15, 0.2) is 12.3 Å². The molecule has 0 N–H and O–H groups in total. The standard InChI is InChI=1S/C9H16O2/c1-9(2,3)11-8-6-4-5-7-10-8/h5,7-8H,4,6H2,1-3H3. The Hall–Kier alpha value is -0.500. The lowest BCUT2D eigenvalue weighted by Gasteiger charge is -2.28. The van der Waals surface area contributed by atoms with Crippen molar-refractivity contribution in [2.24, 2.45) is 0 Å². The van der Waals surface area contributed by atoms with Crippen LogP contribution in [0.5, 0.6) is 0 Å². The molecule has 0 bridgehead atoms. The van der Waals surface area contributed by atoms with Gasteiger partial charge in [-0.05, 0) is 33.3 Å². The van der Waals surface area contributed by atoms with Crippen LogP contribution in [0.25, 0.3) is 0 Å². The monoisotopic (exact) mass is 156 g/mol. The van der Waals surface area contributed by atoms with Gasteiger partial charge in [-0.1, -0.05) is 0 Å². The van der Waals surface area contributed by atoms with Crippen molar-refractivity contribution in [2.75, 3.05) is 0 Å². The molecular formula is C9H16O2. The fraction of sp³-hybridized carbons (Fsp3) is 0.778. The normalized spacial score (nSPS) is 24.8. The number of hydrogen-bond donors (Lipinski definition) is 0. The van der Waals surface area contributed by atoms with Gasteiger partial charge in [-0.2, -0.15) is 0 Å². The van der Waals surface area contributed by atoms with E-state index in [2.05, 4.69) is 0 Å². The minimum Gasteiger partial charge on any atom is -0.473 e. The molecule has 2 nitrogen and oxygen atoms in total. The summed E-state index contributed by atoms with van der Waals surface area (Å²) in [6, 6.07) is 0. The molecule has 0 aromatic rings. The molecule has 0 fully saturated rings. The molecule has 64 valence electrons. The second-order valence-electron chi connectivity index (χ2n) is 3.75. The highest BCUT2D eigenvalue weighted by Crippen LogP contribution is 2.18. The summed E-state index contributed by atoms with van der Waals surface area (Å²) in [6.07, 6.45) is 5.72. The van der Waals surface area contributed by atoms with Crippen LogP contribution in [-0.4, -0.2) is 11.9 Å². The highest BCUT2D eigenvalue weighted by molar-refractivity contribution is 4.80. The molecule has 0 aliphatic carbocycles. The second-order valence-corrected chi connectivity index (χ2v) is 3.75. The Labute approximate surface area is 68.2 Å². The van der Waals surface area contributed by atoms with Gasteiger partial charge in [0, 0.05) is 6.42 Å². The van der Waals surface area contributed by atoms with Crippen LogP contribution in [0.1, 0.15) is 33.6 Å². The van der Waals surface area contributed by atoms with Gasteiger partial charge in [-0.15, -0.1) is 0 Å². The molecule has 0 saturated heterocycles. The third-order valence-corrected chi connectivity index (χ3v) is 1.38. The molecule has 0 saturated carbocycles. The molecule has 0 radical (unpaired) electrons. The van der Waals surface area contributed by atoms with Gasteiger partial charge < -0.3 is 9.47 Å². The van der Waals surface area contributed by atoms with Gasteiger partial charge in [0.25, 0.3) is 0 Å². The molecule has 1 aliphatic rings. The van der Waals surface area contributed by atoms with E-state index in [1.54, 1.807) is 6.26 Å². The van der Waals surface area contributed by atoms with Crippen LogP contribution in [0.4, 0.5) is 0 Å². The summed E-state index contributed by atoms with van der Waals surface area (Å²) < 4.78 is 10.9. The highest BCUT2D eigenvalue weighted by atomic mass is 16.7. The van der Waals surface area contributed by atoms with Crippen molar-refractivity contribution in [3.63, 3.8) is 0 Å². The van der Waals surface area contributed by atoms with E-state index in [1.165, 1.54) is 0 Å². The van der Waals surface area contributed by atoms with Crippen molar-refractivity contribution in [1.29, 1.82) is 0 Å². The molecule has 0 spiro atoms. The molecular weight excluding hydrogens is 140 g/mol. The van der Waals surface area contributed by atoms with E-state index in [0.29, 0.717) is 0 Å². The van der Waals surface area contributed by atoms with E-state index in [1.807, 2.05) is 26.8 Å². The van der Waals surface area contributed by atoms with Crippen molar-refractivity contribution >= 4 is 0 Å². The van der Waals surface area contributed by atoms with Crippen LogP contribution in [0.3, 0.4) is 0 Å². The Kier molecular flexibility index (Phi) is 2.55. The zero-order chi connectivity index (χ0) is 8.32. The molecule has 1 aliphatic heterocycles. The predicted molar refractivity (Wildman–Crippen MR) is 44.1 cm³/mol.